The number of hydrogen-bond acceptors (Lipinski definition) is 4. The van der Waals surface area contributed by atoms with Gasteiger partial charge in [-0.15, -0.1) is 0 Å². The lowest BCUT2D eigenvalue weighted by Crippen LogP contribution is -2.33. The fourth-order valence-electron chi connectivity index (χ4n) is 2.07. The minimum absolute atomic E-state index is 0.464. The first kappa shape index (κ1) is 10.2. The van der Waals surface area contributed by atoms with E-state index in [0.29, 0.717) is 11.7 Å². The molecule has 1 saturated heterocycles. The van der Waals surface area contributed by atoms with Crippen LogP contribution < -0.4 is 10.6 Å². The first-order chi connectivity index (χ1) is 7.31. The van der Waals surface area contributed by atoms with E-state index in [1.54, 1.807) is 13.3 Å². The number of hydrogen-bond donors (Lipinski definition) is 1. The summed E-state index contributed by atoms with van der Waals surface area (Å²) in [5.74, 6) is 1.00. The Balaban J connectivity index is 2.11. The van der Waals surface area contributed by atoms with E-state index in [0.717, 1.165) is 19.0 Å². The highest BCUT2D eigenvalue weighted by atomic mass is 16.5. The summed E-state index contributed by atoms with van der Waals surface area (Å²) in [7, 11) is 1.74. The van der Waals surface area contributed by atoms with Gasteiger partial charge in [-0.2, -0.15) is 0 Å². The third-order valence-electron chi connectivity index (χ3n) is 2.80. The Kier molecular flexibility index (Phi) is 3.06. The summed E-state index contributed by atoms with van der Waals surface area (Å²) in [6, 6.07) is 4.33. The molecule has 1 atom stereocenters. The molecule has 0 unspecified atom stereocenters. The average molecular weight is 207 g/mol. The maximum atomic E-state index is 5.61. The highest BCUT2D eigenvalue weighted by Gasteiger charge is 2.25. The molecule has 4 heteroatoms. The van der Waals surface area contributed by atoms with E-state index in [-0.39, 0.29) is 0 Å². The minimum Gasteiger partial charge on any atom is -0.397 e. The molecule has 4 nitrogen and oxygen atoms in total. The van der Waals surface area contributed by atoms with Crippen molar-refractivity contribution in [2.24, 2.45) is 0 Å². The number of nitrogens with two attached hydrogens (primary N) is 1. The number of aromatic nitrogens is 1. The molecule has 2 rings (SSSR count). The van der Waals surface area contributed by atoms with Crippen LogP contribution in [0, 0.1) is 0 Å². The summed E-state index contributed by atoms with van der Waals surface area (Å²) in [6.45, 7) is 1.83. The SMILES string of the molecule is COC[C@H]1CCCN1c1ccc(N)cn1. The van der Waals surface area contributed by atoms with Crippen LogP contribution >= 0.6 is 0 Å². The maximum absolute atomic E-state index is 5.61. The van der Waals surface area contributed by atoms with Crippen molar-refractivity contribution in [1.82, 2.24) is 4.98 Å². The lowest BCUT2D eigenvalue weighted by Gasteiger charge is -2.25. The number of methoxy groups -OCH3 is 1. The summed E-state index contributed by atoms with van der Waals surface area (Å²) in [6.07, 6.45) is 4.09. The molecule has 15 heavy (non-hydrogen) atoms. The van der Waals surface area contributed by atoms with Crippen LogP contribution in [0.1, 0.15) is 12.8 Å². The molecule has 0 saturated carbocycles. The smallest absolute Gasteiger partial charge is 0.128 e. The fourth-order valence-corrected chi connectivity index (χ4v) is 2.07. The molecule has 82 valence electrons. The maximum Gasteiger partial charge on any atom is 0.128 e. The highest BCUT2D eigenvalue weighted by molar-refractivity contribution is 5.47. The van der Waals surface area contributed by atoms with Crippen LogP contribution in [0.3, 0.4) is 0 Å². The second-order valence-electron chi connectivity index (χ2n) is 3.89. The van der Waals surface area contributed by atoms with Crippen LogP contribution in [0.15, 0.2) is 18.3 Å². The van der Waals surface area contributed by atoms with Gasteiger partial charge in [0.05, 0.1) is 24.5 Å². The van der Waals surface area contributed by atoms with Crippen LogP contribution in [0.2, 0.25) is 0 Å². The molecule has 0 aliphatic carbocycles. The second-order valence-corrected chi connectivity index (χ2v) is 3.89. The van der Waals surface area contributed by atoms with Gasteiger partial charge in [0.15, 0.2) is 0 Å². The molecule has 1 aromatic rings. The van der Waals surface area contributed by atoms with Crippen LogP contribution in [-0.4, -0.2) is 31.3 Å². The normalized spacial score (nSPS) is 20.9. The lowest BCUT2D eigenvalue weighted by atomic mass is 10.2. The second kappa shape index (κ2) is 4.49. The molecule has 2 heterocycles. The number of ether oxygens (including phenoxy) is 1. The van der Waals surface area contributed by atoms with Crippen molar-refractivity contribution in [1.29, 1.82) is 0 Å². The zero-order valence-corrected chi connectivity index (χ0v) is 9.02. The van der Waals surface area contributed by atoms with E-state index < -0.39 is 0 Å². The largest absolute Gasteiger partial charge is 0.397 e. The van der Waals surface area contributed by atoms with Gasteiger partial charge in [0.1, 0.15) is 5.82 Å². The number of pyridine rings is 1. The van der Waals surface area contributed by atoms with Gasteiger partial charge in [0, 0.05) is 13.7 Å². The van der Waals surface area contributed by atoms with Gasteiger partial charge in [-0.3, -0.25) is 0 Å². The van der Waals surface area contributed by atoms with Gasteiger partial charge >= 0.3 is 0 Å². The van der Waals surface area contributed by atoms with E-state index in [1.807, 2.05) is 12.1 Å². The van der Waals surface area contributed by atoms with Crippen molar-refractivity contribution >= 4 is 11.5 Å². The van der Waals surface area contributed by atoms with Crippen molar-refractivity contribution in [2.45, 2.75) is 18.9 Å². The van der Waals surface area contributed by atoms with Crippen molar-refractivity contribution in [3.05, 3.63) is 18.3 Å². The Bertz CT molecular complexity index is 312. The van der Waals surface area contributed by atoms with Crippen molar-refractivity contribution in [3.63, 3.8) is 0 Å². The topological polar surface area (TPSA) is 51.4 Å². The quantitative estimate of drug-likeness (QED) is 0.811. The molecule has 0 amide bonds. The Morgan fingerprint density at radius 1 is 1.60 bits per heavy atom. The highest BCUT2D eigenvalue weighted by Crippen LogP contribution is 2.24. The van der Waals surface area contributed by atoms with Crippen LogP contribution in [0.25, 0.3) is 0 Å². The molecule has 0 aromatic carbocycles. The molecular formula is C11H17N3O. The zero-order valence-electron chi connectivity index (χ0n) is 9.02. The number of anilines is 2. The predicted molar refractivity (Wildman–Crippen MR) is 60.9 cm³/mol. The van der Waals surface area contributed by atoms with Crippen molar-refractivity contribution in [3.8, 4) is 0 Å². The van der Waals surface area contributed by atoms with E-state index in [4.69, 9.17) is 10.5 Å². The summed E-state index contributed by atoms with van der Waals surface area (Å²) in [5.41, 5.74) is 6.32. The Morgan fingerprint density at radius 3 is 3.13 bits per heavy atom. The van der Waals surface area contributed by atoms with Crippen molar-refractivity contribution < 1.29 is 4.74 Å². The third-order valence-corrected chi connectivity index (χ3v) is 2.80. The fraction of sp³-hybridized carbons (Fsp3) is 0.545. The van der Waals surface area contributed by atoms with Crippen LogP contribution in [0.5, 0.6) is 0 Å². The van der Waals surface area contributed by atoms with Crippen LogP contribution in [-0.2, 0) is 4.74 Å². The molecule has 0 bridgehead atoms. The Labute approximate surface area is 90.0 Å². The standard InChI is InChI=1S/C11H17N3O/c1-15-8-10-3-2-6-14(10)11-5-4-9(12)7-13-11/h4-5,7,10H,2-3,6,8,12H2,1H3/t10-/m1/s1. The molecule has 1 aliphatic heterocycles. The van der Waals surface area contributed by atoms with Crippen molar-refractivity contribution in [2.75, 3.05) is 30.9 Å². The first-order valence-electron chi connectivity index (χ1n) is 5.28. The summed E-state index contributed by atoms with van der Waals surface area (Å²) >= 11 is 0. The van der Waals surface area contributed by atoms with Gasteiger partial charge < -0.3 is 15.4 Å². The molecule has 1 fully saturated rings. The first-order valence-corrected chi connectivity index (χ1v) is 5.28. The predicted octanol–water partition coefficient (Wildman–Crippen LogP) is 1.28. The van der Waals surface area contributed by atoms with E-state index in [1.165, 1.54) is 12.8 Å². The summed E-state index contributed by atoms with van der Waals surface area (Å²) < 4.78 is 5.21. The molecular weight excluding hydrogens is 190 g/mol. The van der Waals surface area contributed by atoms with Gasteiger partial charge in [-0.05, 0) is 25.0 Å². The van der Waals surface area contributed by atoms with Gasteiger partial charge in [0.25, 0.3) is 0 Å². The molecule has 0 spiro atoms. The van der Waals surface area contributed by atoms with Crippen LogP contribution in [0.4, 0.5) is 11.5 Å². The summed E-state index contributed by atoms with van der Waals surface area (Å²) in [5, 5.41) is 0. The molecule has 2 N–H and O–H groups in total. The van der Waals surface area contributed by atoms with Gasteiger partial charge in [-0.25, -0.2) is 4.98 Å². The number of nitrogens with zero attached hydrogens (tertiary/aromatic N) is 2. The molecule has 0 radical (unpaired) electrons. The van der Waals surface area contributed by atoms with E-state index in [9.17, 15) is 0 Å². The molecule has 1 aliphatic rings. The Morgan fingerprint density at radius 2 is 2.47 bits per heavy atom. The monoisotopic (exact) mass is 207 g/mol. The molecule has 1 aromatic heterocycles. The zero-order chi connectivity index (χ0) is 10.7. The summed E-state index contributed by atoms with van der Waals surface area (Å²) in [4.78, 5) is 6.63. The third kappa shape index (κ3) is 2.21. The minimum atomic E-state index is 0.464. The number of rotatable bonds is 3. The lowest BCUT2D eigenvalue weighted by molar-refractivity contribution is 0.180. The number of nitrogen functional groups attached to an aromatic ring is 1. The Hall–Kier alpha value is -1.29. The van der Waals surface area contributed by atoms with Gasteiger partial charge in [-0.1, -0.05) is 0 Å². The van der Waals surface area contributed by atoms with E-state index in [2.05, 4.69) is 9.88 Å². The average Bonchev–Trinajstić information content (AvgIpc) is 2.68. The van der Waals surface area contributed by atoms with Gasteiger partial charge in [0.2, 0.25) is 0 Å². The van der Waals surface area contributed by atoms with E-state index >= 15 is 0 Å².